The lowest BCUT2D eigenvalue weighted by atomic mass is 10.2. The number of hydrogen-bond acceptors (Lipinski definition) is 6. The van der Waals surface area contributed by atoms with Crippen molar-refractivity contribution in [3.05, 3.63) is 48.5 Å². The average Bonchev–Trinajstić information content (AvgIpc) is 2.59. The van der Waals surface area contributed by atoms with Gasteiger partial charge in [-0.15, -0.1) is 0 Å². The predicted octanol–water partition coefficient (Wildman–Crippen LogP) is 5.39. The highest BCUT2D eigenvalue weighted by atomic mass is 16.6. The van der Waals surface area contributed by atoms with Crippen molar-refractivity contribution in [2.45, 2.75) is 52.7 Å². The number of hydrogen-bond donors (Lipinski definition) is 3. The summed E-state index contributed by atoms with van der Waals surface area (Å²) in [5.41, 5.74) is 1.50. The van der Waals surface area contributed by atoms with Gasteiger partial charge in [-0.05, 0) is 90.1 Å². The molecule has 0 unspecified atom stereocenters. The van der Waals surface area contributed by atoms with E-state index >= 15 is 0 Å². The number of carbonyl (C=O) groups is 2. The van der Waals surface area contributed by atoms with Crippen molar-refractivity contribution in [3.8, 4) is 0 Å². The van der Waals surface area contributed by atoms with Gasteiger partial charge in [-0.1, -0.05) is 0 Å². The summed E-state index contributed by atoms with van der Waals surface area (Å²) in [5, 5.41) is 6.84. The Morgan fingerprint density at radius 1 is 0.700 bits per heavy atom. The molecule has 0 saturated heterocycles. The molecule has 8 heteroatoms. The minimum atomic E-state index is -0.567. The molecule has 0 aliphatic heterocycles. The molecule has 2 rings (SSSR count). The summed E-state index contributed by atoms with van der Waals surface area (Å²) in [5.74, 6) is 6.19. The van der Waals surface area contributed by atoms with Crippen molar-refractivity contribution in [2.24, 2.45) is 5.84 Å². The quantitative estimate of drug-likeness (QED) is 0.457. The van der Waals surface area contributed by atoms with Crippen LogP contribution >= 0.6 is 0 Å². The molecule has 0 aliphatic carbocycles. The molecule has 2 aromatic carbocycles. The first kappa shape index (κ1) is 23.0. The fraction of sp³-hybridized carbons (Fsp3) is 0.364. The predicted molar refractivity (Wildman–Crippen MR) is 119 cm³/mol. The molecule has 4 N–H and O–H groups in total. The average molecular weight is 415 g/mol. The maximum atomic E-state index is 11.8. The van der Waals surface area contributed by atoms with Gasteiger partial charge in [-0.3, -0.25) is 15.6 Å². The molecule has 0 fully saturated rings. The van der Waals surface area contributed by atoms with Gasteiger partial charge >= 0.3 is 12.2 Å². The summed E-state index contributed by atoms with van der Waals surface area (Å²) < 4.78 is 10.5. The number of rotatable bonds is 4. The smallest absolute Gasteiger partial charge is 0.412 e. The Labute approximate surface area is 177 Å². The molecule has 2 aromatic rings. The molecule has 0 bridgehead atoms. The largest absolute Gasteiger partial charge is 0.444 e. The number of nitrogens with one attached hydrogen (secondary N) is 2. The van der Waals surface area contributed by atoms with E-state index in [0.29, 0.717) is 11.4 Å². The second-order valence-corrected chi connectivity index (χ2v) is 8.72. The first-order valence-corrected chi connectivity index (χ1v) is 9.57. The van der Waals surface area contributed by atoms with Gasteiger partial charge in [-0.25, -0.2) is 15.4 Å². The maximum absolute atomic E-state index is 11.8. The van der Waals surface area contributed by atoms with E-state index in [9.17, 15) is 9.59 Å². The molecule has 0 radical (unpaired) electrons. The summed E-state index contributed by atoms with van der Waals surface area (Å²) in [7, 11) is 0. The van der Waals surface area contributed by atoms with E-state index in [1.807, 2.05) is 0 Å². The number of amides is 2. The zero-order chi connectivity index (χ0) is 22.5. The van der Waals surface area contributed by atoms with E-state index in [1.165, 1.54) is 5.01 Å². The molecule has 0 aliphatic rings. The van der Waals surface area contributed by atoms with Crippen LogP contribution in [0.25, 0.3) is 0 Å². The number of ether oxygens (including phenoxy) is 2. The molecular weight excluding hydrogens is 384 g/mol. The highest BCUT2D eigenvalue weighted by Gasteiger charge is 2.17. The topological polar surface area (TPSA) is 106 Å². The zero-order valence-corrected chi connectivity index (χ0v) is 18.3. The van der Waals surface area contributed by atoms with Gasteiger partial charge in [0.05, 0.1) is 11.4 Å². The van der Waals surface area contributed by atoms with Crippen LogP contribution in [-0.4, -0.2) is 23.4 Å². The van der Waals surface area contributed by atoms with Gasteiger partial charge in [0.25, 0.3) is 0 Å². The Morgan fingerprint density at radius 3 is 1.27 bits per heavy atom. The summed E-state index contributed by atoms with van der Waals surface area (Å²) >= 11 is 0. The fourth-order valence-electron chi connectivity index (χ4n) is 2.40. The third-order valence-electron chi connectivity index (χ3n) is 3.58. The van der Waals surface area contributed by atoms with E-state index in [-0.39, 0.29) is 0 Å². The molecular formula is C22H30N4O4. The van der Waals surface area contributed by atoms with Gasteiger partial charge in [0.2, 0.25) is 0 Å². The number of anilines is 4. The van der Waals surface area contributed by atoms with Crippen LogP contribution in [0, 0.1) is 0 Å². The van der Waals surface area contributed by atoms with Crippen molar-refractivity contribution in [2.75, 3.05) is 15.6 Å². The van der Waals surface area contributed by atoms with Crippen LogP contribution in [0.1, 0.15) is 41.5 Å². The van der Waals surface area contributed by atoms with Crippen molar-refractivity contribution < 1.29 is 19.1 Å². The molecule has 8 nitrogen and oxygen atoms in total. The fourth-order valence-corrected chi connectivity index (χ4v) is 2.40. The number of benzene rings is 2. The lowest BCUT2D eigenvalue weighted by Gasteiger charge is -2.21. The van der Waals surface area contributed by atoms with Crippen molar-refractivity contribution in [3.63, 3.8) is 0 Å². The summed E-state index contributed by atoms with van der Waals surface area (Å²) in [4.78, 5) is 23.7. The van der Waals surface area contributed by atoms with E-state index in [4.69, 9.17) is 15.3 Å². The number of nitrogens with zero attached hydrogens (tertiary/aromatic N) is 1. The number of hydrazine groups is 1. The molecule has 0 saturated carbocycles. The van der Waals surface area contributed by atoms with Crippen LogP contribution in [0.5, 0.6) is 0 Å². The third kappa shape index (κ3) is 7.63. The first-order chi connectivity index (χ1) is 13.8. The van der Waals surface area contributed by atoms with Gasteiger partial charge in [0.1, 0.15) is 11.2 Å². The normalized spacial score (nSPS) is 11.4. The van der Waals surface area contributed by atoms with Crippen LogP contribution in [0.4, 0.5) is 32.3 Å². The molecule has 162 valence electrons. The first-order valence-electron chi connectivity index (χ1n) is 9.57. The second kappa shape index (κ2) is 9.04. The van der Waals surface area contributed by atoms with Crippen molar-refractivity contribution in [1.82, 2.24) is 0 Å². The minimum absolute atomic E-state index is 0.520. The van der Waals surface area contributed by atoms with E-state index in [0.717, 1.165) is 11.4 Å². The Hall–Kier alpha value is -3.26. The van der Waals surface area contributed by atoms with Gasteiger partial charge in [0.15, 0.2) is 0 Å². The van der Waals surface area contributed by atoms with Gasteiger partial charge < -0.3 is 9.47 Å². The van der Waals surface area contributed by atoms with Gasteiger partial charge in [0, 0.05) is 11.4 Å². The lowest BCUT2D eigenvalue weighted by molar-refractivity contribution is 0.0624. The van der Waals surface area contributed by atoms with Crippen molar-refractivity contribution in [1.29, 1.82) is 0 Å². The van der Waals surface area contributed by atoms with Crippen LogP contribution in [-0.2, 0) is 9.47 Å². The summed E-state index contributed by atoms with van der Waals surface area (Å²) in [6.07, 6.45) is -1.04. The SMILES string of the molecule is CC(C)(C)OC(=O)Nc1ccc(N(N)c2ccc(NC(=O)OC(C)(C)C)cc2)cc1. The molecule has 0 aromatic heterocycles. The Balaban J connectivity index is 1.98. The second-order valence-electron chi connectivity index (χ2n) is 8.72. The lowest BCUT2D eigenvalue weighted by Crippen LogP contribution is -2.27. The zero-order valence-electron chi connectivity index (χ0n) is 18.3. The van der Waals surface area contributed by atoms with E-state index in [1.54, 1.807) is 90.1 Å². The highest BCUT2D eigenvalue weighted by Crippen LogP contribution is 2.25. The van der Waals surface area contributed by atoms with E-state index in [2.05, 4.69) is 10.6 Å². The van der Waals surface area contributed by atoms with Gasteiger partial charge in [-0.2, -0.15) is 0 Å². The standard InChI is InChI=1S/C22H30N4O4/c1-21(2,3)29-19(27)24-15-7-11-17(12-8-15)26(23)18-13-9-16(10-14-18)25-20(28)30-22(4,5)6/h7-14H,23H2,1-6H3,(H,24,27)(H,25,28). The minimum Gasteiger partial charge on any atom is -0.444 e. The van der Waals surface area contributed by atoms with Crippen LogP contribution in [0.2, 0.25) is 0 Å². The third-order valence-corrected chi connectivity index (χ3v) is 3.58. The molecule has 0 atom stereocenters. The molecule has 0 spiro atoms. The van der Waals surface area contributed by atoms with Crippen molar-refractivity contribution >= 4 is 34.9 Å². The molecule has 2 amide bonds. The van der Waals surface area contributed by atoms with Crippen LogP contribution in [0.3, 0.4) is 0 Å². The Kier molecular flexibility index (Phi) is 6.94. The highest BCUT2D eigenvalue weighted by molar-refractivity contribution is 5.86. The molecule has 0 heterocycles. The van der Waals surface area contributed by atoms with Crippen LogP contribution in [0.15, 0.2) is 48.5 Å². The monoisotopic (exact) mass is 414 g/mol. The van der Waals surface area contributed by atoms with E-state index < -0.39 is 23.4 Å². The summed E-state index contributed by atoms with van der Waals surface area (Å²) in [6, 6.07) is 14.0. The Bertz CT molecular complexity index is 792. The summed E-state index contributed by atoms with van der Waals surface area (Å²) in [6.45, 7) is 10.8. The molecule has 30 heavy (non-hydrogen) atoms. The van der Waals surface area contributed by atoms with Crippen LogP contribution < -0.4 is 21.5 Å². The number of nitrogens with two attached hydrogens (primary N) is 1. The Morgan fingerprint density at radius 2 is 1.00 bits per heavy atom. The maximum Gasteiger partial charge on any atom is 0.412 e. The number of carbonyl (C=O) groups excluding carboxylic acids is 2.